The monoisotopic (exact) mass is 383 g/mol. The van der Waals surface area contributed by atoms with Crippen molar-refractivity contribution in [2.45, 2.75) is 12.6 Å². The molecule has 0 spiro atoms. The van der Waals surface area contributed by atoms with Crippen LogP contribution in [-0.4, -0.2) is 56.6 Å². The molecule has 12 heteroatoms. The van der Waals surface area contributed by atoms with Crippen LogP contribution in [0.15, 0.2) is 48.7 Å². The zero-order chi connectivity index (χ0) is 19.3. The molecule has 3 N–H and O–H groups in total. The maximum Gasteiger partial charge on any atom is 0.615 e. The molecule has 144 valence electrons. The second kappa shape index (κ2) is 9.06. The van der Waals surface area contributed by atoms with E-state index in [1.165, 1.54) is 5.56 Å². The third-order valence-corrected chi connectivity index (χ3v) is 4.63. The number of rotatable bonds is 5. The van der Waals surface area contributed by atoms with Crippen LogP contribution >= 0.6 is 0 Å². The first kappa shape index (κ1) is 19.4. The summed E-state index contributed by atoms with van der Waals surface area (Å²) >= 11 is 0. The molecule has 2 fully saturated rings. The molecular weight excluding hydrogens is 363 g/mol. The molecule has 2 saturated heterocycles. The first-order valence-corrected chi connectivity index (χ1v) is 9.11. The molecule has 2 aromatic rings. The standard InChI is InChI=1S/C16H20B3N3O6/c23-17-26-18(24)28-19(27-17)25-12-14-7-4-8-21-16(14)22-10-9-20-11-15(22)13-5-2-1-3-6-13/h1-8,15,20,23-24H,9-12H2. The van der Waals surface area contributed by atoms with Gasteiger partial charge in [-0.1, -0.05) is 36.4 Å². The molecule has 2 aliphatic rings. The normalized spacial score (nSPS) is 20.6. The van der Waals surface area contributed by atoms with Crippen LogP contribution in [0.2, 0.25) is 0 Å². The van der Waals surface area contributed by atoms with Crippen LogP contribution in [0.25, 0.3) is 0 Å². The van der Waals surface area contributed by atoms with Crippen molar-refractivity contribution in [2.24, 2.45) is 0 Å². The zero-order valence-corrected chi connectivity index (χ0v) is 15.2. The Labute approximate surface area is 164 Å². The third kappa shape index (κ3) is 4.55. The summed E-state index contributed by atoms with van der Waals surface area (Å²) in [6.45, 7) is 2.58. The Balaban J connectivity index is 1.51. The minimum Gasteiger partial charge on any atom is -0.403 e. The van der Waals surface area contributed by atoms with E-state index in [4.69, 9.17) is 13.8 Å². The molecule has 0 radical (unpaired) electrons. The number of pyridine rings is 1. The predicted octanol–water partition coefficient (Wildman–Crippen LogP) is -0.248. The van der Waals surface area contributed by atoms with Gasteiger partial charge in [-0.25, -0.2) is 4.98 Å². The van der Waals surface area contributed by atoms with Crippen molar-refractivity contribution in [3.63, 3.8) is 0 Å². The summed E-state index contributed by atoms with van der Waals surface area (Å²) in [5.41, 5.74) is 2.04. The molecule has 0 saturated carbocycles. The van der Waals surface area contributed by atoms with Crippen LogP contribution in [-0.2, 0) is 25.0 Å². The number of hydrogen-bond acceptors (Lipinski definition) is 9. The summed E-state index contributed by atoms with van der Waals surface area (Å²) in [5, 5.41) is 22.2. The average molecular weight is 383 g/mol. The third-order valence-electron chi connectivity index (χ3n) is 4.63. The molecule has 0 aliphatic carbocycles. The lowest BCUT2D eigenvalue weighted by atomic mass is 9.97. The molecule has 28 heavy (non-hydrogen) atoms. The average Bonchev–Trinajstić information content (AvgIpc) is 2.72. The SMILES string of the molecule is OB1OB(O)OB(OCc2cccnc2N2CCNCC2c2ccccc2)O1. The van der Waals surface area contributed by atoms with Gasteiger partial charge >= 0.3 is 22.0 Å². The van der Waals surface area contributed by atoms with Gasteiger partial charge in [0.15, 0.2) is 0 Å². The molecule has 1 unspecified atom stereocenters. The summed E-state index contributed by atoms with van der Waals surface area (Å²) in [5.74, 6) is 0.811. The minimum atomic E-state index is -1.61. The smallest absolute Gasteiger partial charge is 0.403 e. The molecule has 1 atom stereocenters. The topological polar surface area (TPSA) is 106 Å². The van der Waals surface area contributed by atoms with Crippen LogP contribution in [0.4, 0.5) is 5.82 Å². The summed E-state index contributed by atoms with van der Waals surface area (Å²) in [6, 6.07) is 14.2. The second-order valence-electron chi connectivity index (χ2n) is 6.43. The lowest BCUT2D eigenvalue weighted by molar-refractivity contribution is 0.0991. The molecule has 0 amide bonds. The van der Waals surface area contributed by atoms with E-state index in [2.05, 4.69) is 31.9 Å². The highest BCUT2D eigenvalue weighted by atomic mass is 16.9. The van der Waals surface area contributed by atoms with Gasteiger partial charge < -0.3 is 38.6 Å². The largest absolute Gasteiger partial charge is 0.615 e. The van der Waals surface area contributed by atoms with Gasteiger partial charge in [0.25, 0.3) is 0 Å². The number of hydrogen-bond donors (Lipinski definition) is 3. The summed E-state index contributed by atoms with van der Waals surface area (Å²) in [6.07, 6.45) is 1.75. The van der Waals surface area contributed by atoms with E-state index in [1.807, 2.05) is 30.3 Å². The fraction of sp³-hybridized carbons (Fsp3) is 0.312. The highest BCUT2D eigenvalue weighted by molar-refractivity contribution is 6.65. The number of aromatic nitrogens is 1. The summed E-state index contributed by atoms with van der Waals surface area (Å²) in [4.78, 5) is 6.83. The fourth-order valence-electron chi connectivity index (χ4n) is 3.35. The molecule has 0 bridgehead atoms. The molecule has 1 aromatic heterocycles. The Morgan fingerprint density at radius 1 is 1.11 bits per heavy atom. The van der Waals surface area contributed by atoms with Crippen LogP contribution < -0.4 is 10.2 Å². The molecule has 2 aliphatic heterocycles. The molecule has 9 nitrogen and oxygen atoms in total. The maximum atomic E-state index is 9.37. The van der Waals surface area contributed by atoms with Crippen molar-refractivity contribution in [1.29, 1.82) is 0 Å². The quantitative estimate of drug-likeness (QED) is 0.604. The number of piperazine rings is 1. The number of nitrogens with zero attached hydrogens (tertiary/aromatic N) is 2. The van der Waals surface area contributed by atoms with Crippen LogP contribution in [0.5, 0.6) is 0 Å². The Morgan fingerprint density at radius 3 is 2.68 bits per heavy atom. The van der Waals surface area contributed by atoms with Gasteiger partial charge in [0.2, 0.25) is 0 Å². The fourth-order valence-corrected chi connectivity index (χ4v) is 3.35. The van der Waals surface area contributed by atoms with Gasteiger partial charge in [0.1, 0.15) is 5.82 Å². The Hall–Kier alpha value is -1.92. The Kier molecular flexibility index (Phi) is 6.28. The van der Waals surface area contributed by atoms with E-state index in [9.17, 15) is 10.0 Å². The summed E-state index contributed by atoms with van der Waals surface area (Å²) < 4.78 is 19.9. The van der Waals surface area contributed by atoms with Gasteiger partial charge in [-0.3, -0.25) is 0 Å². The molecule has 3 heterocycles. The van der Waals surface area contributed by atoms with Gasteiger partial charge in [0.05, 0.1) is 12.6 Å². The number of anilines is 1. The predicted molar refractivity (Wildman–Crippen MR) is 103 cm³/mol. The van der Waals surface area contributed by atoms with Crippen molar-refractivity contribution in [3.05, 3.63) is 59.8 Å². The van der Waals surface area contributed by atoms with E-state index in [0.717, 1.165) is 31.0 Å². The first-order valence-electron chi connectivity index (χ1n) is 9.11. The van der Waals surface area contributed by atoms with Crippen LogP contribution in [0, 0.1) is 0 Å². The van der Waals surface area contributed by atoms with Crippen molar-refractivity contribution >= 4 is 27.8 Å². The first-order chi connectivity index (χ1) is 13.7. The van der Waals surface area contributed by atoms with E-state index in [0.29, 0.717) is 0 Å². The van der Waals surface area contributed by atoms with Crippen molar-refractivity contribution < 1.29 is 28.4 Å². The molecular formula is C16H20B3N3O6. The van der Waals surface area contributed by atoms with E-state index < -0.39 is 22.0 Å². The van der Waals surface area contributed by atoms with Gasteiger partial charge in [-0.15, -0.1) is 0 Å². The van der Waals surface area contributed by atoms with Crippen molar-refractivity contribution in [2.75, 3.05) is 24.5 Å². The van der Waals surface area contributed by atoms with Crippen molar-refractivity contribution in [1.82, 2.24) is 10.3 Å². The number of nitrogens with one attached hydrogen (secondary N) is 1. The highest BCUT2D eigenvalue weighted by Gasteiger charge is 2.43. The Morgan fingerprint density at radius 2 is 1.89 bits per heavy atom. The van der Waals surface area contributed by atoms with E-state index >= 15 is 0 Å². The highest BCUT2D eigenvalue weighted by Crippen LogP contribution is 2.29. The maximum absolute atomic E-state index is 9.37. The lowest BCUT2D eigenvalue weighted by Crippen LogP contribution is -2.50. The molecule has 1 aromatic carbocycles. The minimum absolute atomic E-state index is 0.124. The van der Waals surface area contributed by atoms with E-state index in [1.54, 1.807) is 6.20 Å². The second-order valence-corrected chi connectivity index (χ2v) is 6.43. The Bertz CT molecular complexity index is 766. The van der Waals surface area contributed by atoms with Crippen LogP contribution in [0.1, 0.15) is 17.2 Å². The summed E-state index contributed by atoms with van der Waals surface area (Å²) in [7, 11) is -4.48. The van der Waals surface area contributed by atoms with Crippen molar-refractivity contribution in [3.8, 4) is 0 Å². The van der Waals surface area contributed by atoms with Crippen LogP contribution in [0.3, 0.4) is 0 Å². The van der Waals surface area contributed by atoms with Gasteiger partial charge in [-0.05, 0) is 11.6 Å². The number of benzene rings is 1. The van der Waals surface area contributed by atoms with Gasteiger partial charge in [-0.2, -0.15) is 0 Å². The van der Waals surface area contributed by atoms with E-state index in [-0.39, 0.29) is 12.6 Å². The zero-order valence-electron chi connectivity index (χ0n) is 15.2. The molecule has 4 rings (SSSR count). The lowest BCUT2D eigenvalue weighted by Gasteiger charge is -2.38. The van der Waals surface area contributed by atoms with Gasteiger partial charge in [0, 0.05) is 31.4 Å².